The summed E-state index contributed by atoms with van der Waals surface area (Å²) in [5.74, 6) is -0.124. The molecule has 0 aromatic carbocycles. The Kier molecular flexibility index (Phi) is 6.90. The first-order valence-electron chi connectivity index (χ1n) is 12.9. The summed E-state index contributed by atoms with van der Waals surface area (Å²) >= 11 is 0. The lowest BCUT2D eigenvalue weighted by atomic mass is 9.79. The van der Waals surface area contributed by atoms with Crippen molar-refractivity contribution in [2.24, 2.45) is 10.8 Å². The molecule has 3 rings (SSSR count). The zero-order valence-corrected chi connectivity index (χ0v) is 22.9. The Morgan fingerprint density at radius 1 is 0.758 bits per heavy atom. The zero-order chi connectivity index (χ0) is 25.1. The van der Waals surface area contributed by atoms with Crippen molar-refractivity contribution in [3.05, 3.63) is 0 Å². The highest BCUT2D eigenvalue weighted by molar-refractivity contribution is 5.77. The third kappa shape index (κ3) is 6.50. The van der Waals surface area contributed by atoms with Crippen LogP contribution in [-0.2, 0) is 14.3 Å². The minimum atomic E-state index is -0.890. The van der Waals surface area contributed by atoms with E-state index in [1.807, 2.05) is 6.92 Å². The molecule has 3 aliphatic rings. The standard InChI is InChI=1S/C27H50N2O4/c1-22(2)13-18(14-23(3,4)28-22)32-20(30)26(9)11-12-27(10,17-26)21(31)33-19-15-24(5,6)29-25(7,8)16-19/h18-20,28-30H,11-17H2,1-10H3. The van der Waals surface area contributed by atoms with Crippen molar-refractivity contribution in [1.82, 2.24) is 10.6 Å². The van der Waals surface area contributed by atoms with E-state index in [9.17, 15) is 9.90 Å². The van der Waals surface area contributed by atoms with Crippen molar-refractivity contribution in [3.8, 4) is 0 Å². The number of nitrogens with one attached hydrogen (secondary N) is 2. The van der Waals surface area contributed by atoms with Gasteiger partial charge in [-0.3, -0.25) is 4.79 Å². The van der Waals surface area contributed by atoms with Crippen molar-refractivity contribution >= 4 is 5.97 Å². The molecule has 1 saturated carbocycles. The molecule has 6 heteroatoms. The number of carbonyl (C=O) groups is 1. The van der Waals surface area contributed by atoms with E-state index in [1.54, 1.807) is 0 Å². The van der Waals surface area contributed by atoms with Crippen LogP contribution in [0.15, 0.2) is 0 Å². The van der Waals surface area contributed by atoms with Gasteiger partial charge in [0.05, 0.1) is 11.5 Å². The van der Waals surface area contributed by atoms with Gasteiger partial charge in [-0.2, -0.15) is 0 Å². The molecule has 192 valence electrons. The van der Waals surface area contributed by atoms with E-state index in [-0.39, 0.29) is 40.3 Å². The van der Waals surface area contributed by atoms with Gasteiger partial charge in [0.1, 0.15) is 6.10 Å². The minimum Gasteiger partial charge on any atom is -0.462 e. The van der Waals surface area contributed by atoms with Crippen LogP contribution in [0.1, 0.15) is 114 Å². The average Bonchev–Trinajstić information content (AvgIpc) is 2.87. The molecule has 1 aliphatic carbocycles. The molecule has 0 aromatic heterocycles. The van der Waals surface area contributed by atoms with E-state index >= 15 is 0 Å². The summed E-state index contributed by atoms with van der Waals surface area (Å²) in [6.45, 7) is 21.5. The summed E-state index contributed by atoms with van der Waals surface area (Å²) in [4.78, 5) is 13.4. The van der Waals surface area contributed by atoms with Gasteiger partial charge < -0.3 is 25.2 Å². The van der Waals surface area contributed by atoms with Gasteiger partial charge in [0.2, 0.25) is 0 Å². The Hall–Kier alpha value is -0.690. The predicted molar refractivity (Wildman–Crippen MR) is 132 cm³/mol. The fourth-order valence-corrected chi connectivity index (χ4v) is 7.29. The van der Waals surface area contributed by atoms with Gasteiger partial charge >= 0.3 is 5.97 Å². The maximum atomic E-state index is 13.4. The smallest absolute Gasteiger partial charge is 0.312 e. The first-order valence-corrected chi connectivity index (χ1v) is 12.9. The van der Waals surface area contributed by atoms with E-state index < -0.39 is 17.1 Å². The van der Waals surface area contributed by atoms with Gasteiger partial charge in [-0.25, -0.2) is 0 Å². The summed E-state index contributed by atoms with van der Waals surface area (Å²) in [6.07, 6.45) is 4.37. The fraction of sp³-hybridized carbons (Fsp3) is 0.963. The van der Waals surface area contributed by atoms with Crippen LogP contribution in [0.25, 0.3) is 0 Å². The largest absolute Gasteiger partial charge is 0.462 e. The Balaban J connectivity index is 1.63. The molecule has 3 atom stereocenters. The highest BCUT2D eigenvalue weighted by Gasteiger charge is 2.53. The van der Waals surface area contributed by atoms with Gasteiger partial charge in [-0.15, -0.1) is 0 Å². The van der Waals surface area contributed by atoms with E-state index in [2.05, 4.69) is 72.9 Å². The highest BCUT2D eigenvalue weighted by atomic mass is 16.6. The molecular weight excluding hydrogens is 416 g/mol. The number of aliphatic hydroxyl groups is 1. The van der Waals surface area contributed by atoms with Crippen LogP contribution in [0.4, 0.5) is 0 Å². The number of piperidine rings is 2. The SMILES string of the molecule is CC1(C)CC(OC(=O)C2(C)CCC(C)(C(O)OC3CC(C)(C)NC(C)(C)C3)C2)CC(C)(C)N1. The summed E-state index contributed by atoms with van der Waals surface area (Å²) in [5.41, 5.74) is -1.28. The second kappa shape index (κ2) is 8.46. The Bertz CT molecular complexity index is 714. The maximum Gasteiger partial charge on any atom is 0.312 e. The van der Waals surface area contributed by atoms with Crippen molar-refractivity contribution in [2.45, 2.75) is 155 Å². The minimum absolute atomic E-state index is 0.0129. The molecule has 6 nitrogen and oxygen atoms in total. The molecule has 3 unspecified atom stereocenters. The van der Waals surface area contributed by atoms with Crippen LogP contribution >= 0.6 is 0 Å². The molecule has 0 spiro atoms. The van der Waals surface area contributed by atoms with Crippen molar-refractivity contribution in [2.75, 3.05) is 0 Å². The number of rotatable bonds is 5. The molecule has 33 heavy (non-hydrogen) atoms. The van der Waals surface area contributed by atoms with Crippen LogP contribution < -0.4 is 10.6 Å². The number of hydrogen-bond acceptors (Lipinski definition) is 6. The van der Waals surface area contributed by atoms with E-state index in [0.29, 0.717) is 12.8 Å². The van der Waals surface area contributed by atoms with Gasteiger partial charge in [0.15, 0.2) is 6.29 Å². The lowest BCUT2D eigenvalue weighted by Gasteiger charge is -2.47. The van der Waals surface area contributed by atoms with Crippen molar-refractivity contribution in [3.63, 3.8) is 0 Å². The van der Waals surface area contributed by atoms with E-state index in [1.165, 1.54) is 0 Å². The Morgan fingerprint density at radius 3 is 1.64 bits per heavy atom. The monoisotopic (exact) mass is 466 g/mol. The van der Waals surface area contributed by atoms with Crippen LogP contribution in [0.5, 0.6) is 0 Å². The zero-order valence-electron chi connectivity index (χ0n) is 22.9. The molecule has 2 aliphatic heterocycles. The van der Waals surface area contributed by atoms with Gasteiger partial charge in [0.25, 0.3) is 0 Å². The molecule has 0 aromatic rings. The quantitative estimate of drug-likeness (QED) is 0.403. The second-order valence-electron chi connectivity index (χ2n) is 14.6. The van der Waals surface area contributed by atoms with Crippen LogP contribution in [-0.4, -0.2) is 51.7 Å². The highest BCUT2D eigenvalue weighted by Crippen LogP contribution is 2.52. The number of aliphatic hydroxyl groups excluding tert-OH is 1. The molecule has 2 heterocycles. The lowest BCUT2D eigenvalue weighted by molar-refractivity contribution is -0.211. The molecule has 0 bridgehead atoms. The second-order valence-corrected chi connectivity index (χ2v) is 14.6. The molecule has 2 saturated heterocycles. The summed E-state index contributed by atoms with van der Waals surface area (Å²) in [6, 6.07) is 0. The average molecular weight is 467 g/mol. The molecule has 0 radical (unpaired) electrons. The van der Waals surface area contributed by atoms with E-state index in [0.717, 1.165) is 32.1 Å². The van der Waals surface area contributed by atoms with Crippen LogP contribution in [0.2, 0.25) is 0 Å². The summed E-state index contributed by atoms with van der Waals surface area (Å²) < 4.78 is 12.4. The molecule has 0 amide bonds. The first kappa shape index (κ1) is 26.9. The fourth-order valence-electron chi connectivity index (χ4n) is 7.29. The number of ether oxygens (including phenoxy) is 2. The Labute approximate surface area is 201 Å². The van der Waals surface area contributed by atoms with Crippen LogP contribution in [0, 0.1) is 10.8 Å². The van der Waals surface area contributed by atoms with Gasteiger partial charge in [0, 0.05) is 40.4 Å². The third-order valence-electron chi connectivity index (χ3n) is 8.03. The van der Waals surface area contributed by atoms with Crippen LogP contribution in [0.3, 0.4) is 0 Å². The van der Waals surface area contributed by atoms with E-state index in [4.69, 9.17) is 9.47 Å². The topological polar surface area (TPSA) is 79.8 Å². The summed E-state index contributed by atoms with van der Waals surface area (Å²) in [5, 5.41) is 18.5. The normalized spacial score (nSPS) is 36.9. The lowest BCUT2D eigenvalue weighted by Crippen LogP contribution is -2.60. The van der Waals surface area contributed by atoms with Gasteiger partial charge in [-0.1, -0.05) is 6.92 Å². The maximum absolute atomic E-state index is 13.4. The Morgan fingerprint density at radius 2 is 1.18 bits per heavy atom. The van der Waals surface area contributed by atoms with Gasteiger partial charge in [-0.05, 0) is 94.4 Å². The molecule has 3 fully saturated rings. The third-order valence-corrected chi connectivity index (χ3v) is 8.03. The van der Waals surface area contributed by atoms with Crippen molar-refractivity contribution in [1.29, 1.82) is 0 Å². The molecule has 3 N–H and O–H groups in total. The molecular formula is C27H50N2O4. The first-order chi connectivity index (χ1) is 14.7. The number of hydrogen-bond donors (Lipinski definition) is 3. The number of esters is 1. The predicted octanol–water partition coefficient (Wildman–Crippen LogP) is 4.68. The number of carbonyl (C=O) groups excluding carboxylic acids is 1. The van der Waals surface area contributed by atoms with Crippen molar-refractivity contribution < 1.29 is 19.4 Å². The summed E-state index contributed by atoms with van der Waals surface area (Å²) in [7, 11) is 0.